The Kier molecular flexibility index (Phi) is 4.17. The monoisotopic (exact) mass is 294 g/mol. The summed E-state index contributed by atoms with van der Waals surface area (Å²) in [6.07, 6.45) is 0. The van der Waals surface area contributed by atoms with Crippen LogP contribution in [0.3, 0.4) is 0 Å². The van der Waals surface area contributed by atoms with Crippen molar-refractivity contribution in [2.45, 2.75) is 6.92 Å². The van der Waals surface area contributed by atoms with E-state index in [1.165, 1.54) is 12.1 Å². The Morgan fingerprint density at radius 3 is 2.76 bits per heavy atom. The molecular weight excluding hydrogens is 283 g/mol. The Morgan fingerprint density at radius 1 is 1.43 bits per heavy atom. The molecule has 2 aromatic rings. The fourth-order valence-electron chi connectivity index (χ4n) is 1.53. The van der Waals surface area contributed by atoms with Gasteiger partial charge in [0.25, 0.3) is 5.91 Å². The van der Waals surface area contributed by atoms with E-state index in [-0.39, 0.29) is 17.1 Å². The molecular formula is C13H11FN2O5. The number of hydrogen-bond acceptors (Lipinski definition) is 5. The summed E-state index contributed by atoms with van der Waals surface area (Å²) in [5, 5.41) is 14.3. The molecule has 2 N–H and O–H groups in total. The average molecular weight is 294 g/mol. The van der Waals surface area contributed by atoms with Gasteiger partial charge in [0.2, 0.25) is 5.76 Å². The SMILES string of the molecule is CCOc1ccc(NC(=O)c2cc(C(=O)O)on2)cc1F. The fraction of sp³-hybridized carbons (Fsp3) is 0.154. The molecule has 21 heavy (non-hydrogen) atoms. The van der Waals surface area contributed by atoms with Crippen LogP contribution in [0.15, 0.2) is 28.8 Å². The highest BCUT2D eigenvalue weighted by Crippen LogP contribution is 2.21. The lowest BCUT2D eigenvalue weighted by Gasteiger charge is -2.07. The third kappa shape index (κ3) is 3.35. The zero-order valence-electron chi connectivity index (χ0n) is 10.9. The molecule has 0 spiro atoms. The molecule has 0 aliphatic heterocycles. The lowest BCUT2D eigenvalue weighted by atomic mass is 10.2. The quantitative estimate of drug-likeness (QED) is 0.876. The maximum Gasteiger partial charge on any atom is 0.374 e. The molecule has 0 saturated carbocycles. The molecule has 0 fully saturated rings. The third-order valence-electron chi connectivity index (χ3n) is 2.44. The number of carboxylic acids is 1. The van der Waals surface area contributed by atoms with E-state index in [1.807, 2.05) is 0 Å². The number of anilines is 1. The number of hydrogen-bond donors (Lipinski definition) is 2. The maximum absolute atomic E-state index is 13.6. The summed E-state index contributed by atoms with van der Waals surface area (Å²) < 4.78 is 23.1. The van der Waals surface area contributed by atoms with E-state index in [2.05, 4.69) is 15.0 Å². The number of nitrogens with zero attached hydrogens (tertiary/aromatic N) is 1. The Hall–Kier alpha value is -2.90. The van der Waals surface area contributed by atoms with Gasteiger partial charge in [0.15, 0.2) is 17.3 Å². The van der Waals surface area contributed by atoms with Crippen molar-refractivity contribution >= 4 is 17.6 Å². The third-order valence-corrected chi connectivity index (χ3v) is 2.44. The van der Waals surface area contributed by atoms with Crippen molar-refractivity contribution in [3.63, 3.8) is 0 Å². The number of ether oxygens (including phenoxy) is 1. The van der Waals surface area contributed by atoms with E-state index in [9.17, 15) is 14.0 Å². The number of carboxylic acid groups (broad SMARTS) is 1. The molecule has 0 saturated heterocycles. The molecule has 7 nitrogen and oxygen atoms in total. The van der Waals surface area contributed by atoms with E-state index in [4.69, 9.17) is 9.84 Å². The fourth-order valence-corrected chi connectivity index (χ4v) is 1.53. The number of benzene rings is 1. The number of aromatic nitrogens is 1. The van der Waals surface area contributed by atoms with Crippen molar-refractivity contribution in [2.75, 3.05) is 11.9 Å². The van der Waals surface area contributed by atoms with Crippen LogP contribution in [0.5, 0.6) is 5.75 Å². The van der Waals surface area contributed by atoms with Gasteiger partial charge < -0.3 is 19.7 Å². The van der Waals surface area contributed by atoms with E-state index in [0.717, 1.165) is 12.1 Å². The Bertz CT molecular complexity index is 683. The molecule has 0 bridgehead atoms. The normalized spacial score (nSPS) is 10.2. The number of nitrogens with one attached hydrogen (secondary N) is 1. The predicted octanol–water partition coefficient (Wildman–Crippen LogP) is 2.16. The number of aromatic carboxylic acids is 1. The van der Waals surface area contributed by atoms with E-state index in [1.54, 1.807) is 6.92 Å². The van der Waals surface area contributed by atoms with Gasteiger partial charge in [-0.2, -0.15) is 0 Å². The molecule has 2 rings (SSSR count). The molecule has 0 radical (unpaired) electrons. The molecule has 1 amide bonds. The number of rotatable bonds is 5. The average Bonchev–Trinajstić information content (AvgIpc) is 2.92. The standard InChI is InChI=1S/C13H11FN2O5/c1-2-20-10-4-3-7(5-8(10)14)15-12(17)9-6-11(13(18)19)21-16-9/h3-6H,2H2,1H3,(H,15,17)(H,18,19). The van der Waals surface area contributed by atoms with Gasteiger partial charge in [-0.3, -0.25) is 4.79 Å². The summed E-state index contributed by atoms with van der Waals surface area (Å²) in [4.78, 5) is 22.4. The van der Waals surface area contributed by atoms with Crippen molar-refractivity contribution < 1.29 is 28.3 Å². The van der Waals surface area contributed by atoms with Crippen LogP contribution >= 0.6 is 0 Å². The first-order valence-corrected chi connectivity index (χ1v) is 5.95. The van der Waals surface area contributed by atoms with Gasteiger partial charge in [-0.05, 0) is 19.1 Å². The lowest BCUT2D eigenvalue weighted by molar-refractivity contribution is 0.0651. The minimum absolute atomic E-state index is 0.0742. The van der Waals surface area contributed by atoms with Crippen molar-refractivity contribution in [1.29, 1.82) is 0 Å². The summed E-state index contributed by atoms with van der Waals surface area (Å²) in [6.45, 7) is 2.04. The van der Waals surface area contributed by atoms with Gasteiger partial charge in [-0.25, -0.2) is 9.18 Å². The molecule has 8 heteroatoms. The van der Waals surface area contributed by atoms with E-state index < -0.39 is 23.5 Å². The number of carbonyl (C=O) groups is 2. The van der Waals surface area contributed by atoms with Crippen molar-refractivity contribution in [3.05, 3.63) is 41.5 Å². The molecule has 1 aromatic carbocycles. The Labute approximate surface area is 118 Å². The number of amides is 1. The van der Waals surface area contributed by atoms with Crippen LogP contribution in [0, 0.1) is 5.82 Å². The van der Waals surface area contributed by atoms with Gasteiger partial charge in [-0.1, -0.05) is 5.16 Å². The smallest absolute Gasteiger partial charge is 0.374 e. The van der Waals surface area contributed by atoms with Crippen LogP contribution in [-0.4, -0.2) is 28.7 Å². The zero-order valence-corrected chi connectivity index (χ0v) is 10.9. The van der Waals surface area contributed by atoms with Crippen molar-refractivity contribution in [2.24, 2.45) is 0 Å². The van der Waals surface area contributed by atoms with Crippen LogP contribution in [-0.2, 0) is 0 Å². The second-order valence-corrected chi connectivity index (χ2v) is 3.91. The van der Waals surface area contributed by atoms with Crippen LogP contribution in [0.2, 0.25) is 0 Å². The summed E-state index contributed by atoms with van der Waals surface area (Å²) in [5.74, 6) is -3.06. The van der Waals surface area contributed by atoms with Gasteiger partial charge in [0, 0.05) is 17.8 Å². The second kappa shape index (κ2) is 6.04. The first-order valence-electron chi connectivity index (χ1n) is 5.95. The maximum atomic E-state index is 13.6. The largest absolute Gasteiger partial charge is 0.491 e. The molecule has 0 aliphatic carbocycles. The second-order valence-electron chi connectivity index (χ2n) is 3.91. The Balaban J connectivity index is 2.11. The molecule has 110 valence electrons. The molecule has 0 aliphatic rings. The van der Waals surface area contributed by atoms with E-state index in [0.29, 0.717) is 6.61 Å². The highest BCUT2D eigenvalue weighted by Gasteiger charge is 2.17. The Morgan fingerprint density at radius 2 is 2.19 bits per heavy atom. The van der Waals surface area contributed by atoms with Crippen molar-refractivity contribution in [1.82, 2.24) is 5.16 Å². The zero-order chi connectivity index (χ0) is 15.4. The molecule has 0 atom stereocenters. The summed E-state index contributed by atoms with van der Waals surface area (Å²) in [7, 11) is 0. The van der Waals surface area contributed by atoms with Crippen LogP contribution in [0.4, 0.5) is 10.1 Å². The first kappa shape index (κ1) is 14.5. The van der Waals surface area contributed by atoms with Crippen molar-refractivity contribution in [3.8, 4) is 5.75 Å². The molecule has 1 aromatic heterocycles. The molecule has 0 unspecified atom stereocenters. The lowest BCUT2D eigenvalue weighted by Crippen LogP contribution is -2.12. The first-order chi connectivity index (χ1) is 10.0. The van der Waals surface area contributed by atoms with E-state index >= 15 is 0 Å². The summed E-state index contributed by atoms with van der Waals surface area (Å²) in [6, 6.07) is 4.88. The highest BCUT2D eigenvalue weighted by atomic mass is 19.1. The minimum Gasteiger partial charge on any atom is -0.491 e. The predicted molar refractivity (Wildman–Crippen MR) is 69.0 cm³/mol. The van der Waals surface area contributed by atoms with Gasteiger partial charge >= 0.3 is 5.97 Å². The summed E-state index contributed by atoms with van der Waals surface area (Å²) in [5.41, 5.74) is -0.0393. The topological polar surface area (TPSA) is 102 Å². The number of carbonyl (C=O) groups excluding carboxylic acids is 1. The summed E-state index contributed by atoms with van der Waals surface area (Å²) >= 11 is 0. The number of halogens is 1. The van der Waals surface area contributed by atoms with Gasteiger partial charge in [0.1, 0.15) is 0 Å². The van der Waals surface area contributed by atoms with Gasteiger partial charge in [-0.15, -0.1) is 0 Å². The highest BCUT2D eigenvalue weighted by molar-refractivity contribution is 6.03. The van der Waals surface area contributed by atoms with Crippen LogP contribution in [0.25, 0.3) is 0 Å². The van der Waals surface area contributed by atoms with Gasteiger partial charge in [0.05, 0.1) is 6.61 Å². The van der Waals surface area contributed by atoms with Crippen LogP contribution < -0.4 is 10.1 Å². The van der Waals surface area contributed by atoms with Crippen LogP contribution in [0.1, 0.15) is 28.0 Å². The minimum atomic E-state index is -1.34. The molecule has 1 heterocycles.